The number of amides is 1. The normalized spacial score (nSPS) is 11.1. The Balaban J connectivity index is 1.44. The number of H-pyrrole nitrogens is 1. The first-order valence-electron chi connectivity index (χ1n) is 11.4. The van der Waals surface area contributed by atoms with Crippen LogP contribution in [-0.4, -0.2) is 23.1 Å². The van der Waals surface area contributed by atoms with Crippen LogP contribution in [0.5, 0.6) is 5.75 Å². The number of fused-ring (bicyclic) bond motifs is 1. The number of ether oxygens (including phenoxy) is 1. The highest BCUT2D eigenvalue weighted by Crippen LogP contribution is 2.35. The minimum absolute atomic E-state index is 0.278. The maximum atomic E-state index is 13.3. The Morgan fingerprint density at radius 2 is 1.55 bits per heavy atom. The van der Waals surface area contributed by atoms with Gasteiger partial charge in [0.1, 0.15) is 5.69 Å². The lowest BCUT2D eigenvalue weighted by atomic mass is 10.0. The molecule has 9 heteroatoms. The Bertz CT molecular complexity index is 1680. The molecule has 0 spiro atoms. The summed E-state index contributed by atoms with van der Waals surface area (Å²) in [4.78, 5) is 29.2. The number of hydrogen-bond acceptors (Lipinski definition) is 4. The minimum Gasteiger partial charge on any atom is -0.421 e. The highest BCUT2D eigenvalue weighted by Gasteiger charge is 2.20. The van der Waals surface area contributed by atoms with Gasteiger partial charge in [-0.3, -0.25) is 4.79 Å². The van der Waals surface area contributed by atoms with E-state index < -0.39 is 11.9 Å². The zero-order valence-corrected chi connectivity index (χ0v) is 24.3. The molecular weight excluding hydrogens is 678 g/mol. The second-order valence-electron chi connectivity index (χ2n) is 8.19. The molecule has 38 heavy (non-hydrogen) atoms. The lowest BCUT2D eigenvalue weighted by Gasteiger charge is -2.10. The fourth-order valence-corrected chi connectivity index (χ4v) is 5.67. The summed E-state index contributed by atoms with van der Waals surface area (Å²) in [7, 11) is 0. The number of halogens is 3. The van der Waals surface area contributed by atoms with Gasteiger partial charge in [-0.1, -0.05) is 80.4 Å². The van der Waals surface area contributed by atoms with E-state index in [9.17, 15) is 9.59 Å². The van der Waals surface area contributed by atoms with Crippen LogP contribution in [-0.2, 0) is 0 Å². The molecule has 0 saturated carbocycles. The lowest BCUT2D eigenvalue weighted by molar-refractivity contribution is 0.0733. The molecule has 0 radical (unpaired) electrons. The van der Waals surface area contributed by atoms with Crippen LogP contribution in [0.2, 0.25) is 0 Å². The average Bonchev–Trinajstić information content (AvgIpc) is 3.30. The SMILES string of the molecule is O=C(Oc1c(Br)cc(Br)cc1C=NNC(=O)c1[nH]c2ccc(Br)cc2c1-c1ccccc1)c1ccccc1. The Morgan fingerprint density at radius 1 is 0.842 bits per heavy atom. The van der Waals surface area contributed by atoms with Gasteiger partial charge in [0, 0.05) is 31.0 Å². The van der Waals surface area contributed by atoms with Gasteiger partial charge in [0.2, 0.25) is 0 Å². The van der Waals surface area contributed by atoms with E-state index in [1.54, 1.807) is 36.4 Å². The number of nitrogens with zero attached hydrogens (tertiary/aromatic N) is 1. The van der Waals surface area contributed by atoms with Crippen molar-refractivity contribution in [3.63, 3.8) is 0 Å². The Morgan fingerprint density at radius 3 is 2.29 bits per heavy atom. The third-order valence-corrected chi connectivity index (χ3v) is 7.20. The summed E-state index contributed by atoms with van der Waals surface area (Å²) >= 11 is 10.4. The van der Waals surface area contributed by atoms with Crippen molar-refractivity contribution in [1.82, 2.24) is 10.4 Å². The van der Waals surface area contributed by atoms with Gasteiger partial charge >= 0.3 is 5.97 Å². The first-order valence-corrected chi connectivity index (χ1v) is 13.7. The summed E-state index contributed by atoms with van der Waals surface area (Å²) in [6.45, 7) is 0. The topological polar surface area (TPSA) is 83.5 Å². The molecular formula is C29H18Br3N3O3. The van der Waals surface area contributed by atoms with Crippen molar-refractivity contribution >= 4 is 76.8 Å². The summed E-state index contributed by atoms with van der Waals surface area (Å²) in [6.07, 6.45) is 1.43. The minimum atomic E-state index is -0.510. The fourth-order valence-electron chi connectivity index (χ4n) is 3.97. The Labute approximate surface area is 243 Å². The quantitative estimate of drug-likeness (QED) is 0.0815. The monoisotopic (exact) mass is 693 g/mol. The van der Waals surface area contributed by atoms with E-state index in [2.05, 4.69) is 63.3 Å². The number of aromatic amines is 1. The molecule has 5 aromatic rings. The van der Waals surface area contributed by atoms with Gasteiger partial charge in [0.15, 0.2) is 5.75 Å². The highest BCUT2D eigenvalue weighted by molar-refractivity contribution is 9.11. The van der Waals surface area contributed by atoms with Crippen molar-refractivity contribution in [2.24, 2.45) is 5.10 Å². The zero-order valence-electron chi connectivity index (χ0n) is 19.5. The molecule has 188 valence electrons. The number of nitrogens with one attached hydrogen (secondary N) is 2. The van der Waals surface area contributed by atoms with Gasteiger partial charge in [-0.15, -0.1) is 0 Å². The van der Waals surface area contributed by atoms with Crippen molar-refractivity contribution in [3.8, 4) is 16.9 Å². The first kappa shape index (κ1) is 26.1. The zero-order chi connectivity index (χ0) is 26.6. The lowest BCUT2D eigenvalue weighted by Crippen LogP contribution is -2.19. The van der Waals surface area contributed by atoms with Crippen molar-refractivity contribution in [2.45, 2.75) is 0 Å². The van der Waals surface area contributed by atoms with Gasteiger partial charge in [0.25, 0.3) is 5.91 Å². The molecule has 1 heterocycles. The number of carbonyl (C=O) groups excluding carboxylic acids is 2. The number of hydrazone groups is 1. The largest absolute Gasteiger partial charge is 0.421 e. The molecule has 0 unspecified atom stereocenters. The molecule has 0 aliphatic carbocycles. The molecule has 0 saturated heterocycles. The van der Waals surface area contributed by atoms with Gasteiger partial charge in [0.05, 0.1) is 16.3 Å². The van der Waals surface area contributed by atoms with Crippen LogP contribution in [0, 0.1) is 0 Å². The number of hydrogen-bond donors (Lipinski definition) is 2. The third kappa shape index (κ3) is 5.65. The van der Waals surface area contributed by atoms with E-state index in [0.29, 0.717) is 21.3 Å². The predicted molar refractivity (Wildman–Crippen MR) is 160 cm³/mol. The fraction of sp³-hybridized carbons (Fsp3) is 0. The van der Waals surface area contributed by atoms with Crippen LogP contribution in [0.25, 0.3) is 22.0 Å². The molecule has 1 amide bonds. The van der Waals surface area contributed by atoms with Crippen molar-refractivity contribution in [1.29, 1.82) is 0 Å². The van der Waals surface area contributed by atoms with Crippen molar-refractivity contribution < 1.29 is 14.3 Å². The molecule has 0 atom stereocenters. The van der Waals surface area contributed by atoms with Gasteiger partial charge in [-0.2, -0.15) is 5.10 Å². The van der Waals surface area contributed by atoms with Crippen LogP contribution in [0.3, 0.4) is 0 Å². The van der Waals surface area contributed by atoms with Gasteiger partial charge < -0.3 is 9.72 Å². The maximum Gasteiger partial charge on any atom is 0.343 e. The van der Waals surface area contributed by atoms with Crippen molar-refractivity contribution in [3.05, 3.63) is 121 Å². The van der Waals surface area contributed by atoms with E-state index in [-0.39, 0.29) is 5.75 Å². The van der Waals surface area contributed by atoms with E-state index >= 15 is 0 Å². The molecule has 5 rings (SSSR count). The van der Waals surface area contributed by atoms with Gasteiger partial charge in [-0.25, -0.2) is 10.2 Å². The van der Waals surface area contributed by atoms with Crippen LogP contribution in [0.1, 0.15) is 26.4 Å². The molecule has 0 aliphatic heterocycles. The van der Waals surface area contributed by atoms with E-state index in [1.807, 2.05) is 54.6 Å². The van der Waals surface area contributed by atoms with Crippen LogP contribution >= 0.6 is 47.8 Å². The van der Waals surface area contributed by atoms with E-state index in [4.69, 9.17) is 4.74 Å². The van der Waals surface area contributed by atoms with Crippen molar-refractivity contribution in [2.75, 3.05) is 0 Å². The molecule has 2 N–H and O–H groups in total. The van der Waals surface area contributed by atoms with Crippen LogP contribution < -0.4 is 10.2 Å². The highest BCUT2D eigenvalue weighted by atomic mass is 79.9. The number of esters is 1. The molecule has 0 bridgehead atoms. The molecule has 0 aliphatic rings. The standard InChI is InChI=1S/C29H18Br3N3O3/c30-20-11-12-24-22(14-20)25(17-7-3-1-4-8-17)26(34-24)28(36)35-33-16-19-13-21(31)15-23(32)27(19)38-29(37)18-9-5-2-6-10-18/h1-16,34H,(H,35,36). The number of benzene rings is 4. The van der Waals surface area contributed by atoms with E-state index in [0.717, 1.165) is 31.0 Å². The number of aromatic nitrogens is 1. The molecule has 0 fully saturated rings. The summed E-state index contributed by atoms with van der Waals surface area (Å²) in [6, 6.07) is 27.7. The third-order valence-electron chi connectivity index (χ3n) is 5.66. The predicted octanol–water partition coefficient (Wildman–Crippen LogP) is 8.11. The van der Waals surface area contributed by atoms with E-state index in [1.165, 1.54) is 6.21 Å². The molecule has 6 nitrogen and oxygen atoms in total. The van der Waals surface area contributed by atoms with Crippen LogP contribution in [0.15, 0.2) is 110 Å². The number of rotatable bonds is 6. The van der Waals surface area contributed by atoms with Gasteiger partial charge in [-0.05, 0) is 64.0 Å². The second-order valence-corrected chi connectivity index (χ2v) is 10.9. The summed E-state index contributed by atoms with van der Waals surface area (Å²) in [5, 5.41) is 5.08. The molecule has 1 aromatic heterocycles. The maximum absolute atomic E-state index is 13.3. The summed E-state index contributed by atoms with van der Waals surface area (Å²) < 4.78 is 7.87. The second kappa shape index (κ2) is 11.5. The number of carbonyl (C=O) groups is 2. The Hall–Kier alpha value is -3.53. The smallest absolute Gasteiger partial charge is 0.343 e. The average molecular weight is 696 g/mol. The Kier molecular flexibility index (Phi) is 7.87. The first-order chi connectivity index (χ1) is 18.4. The molecule has 4 aromatic carbocycles. The summed E-state index contributed by atoms with van der Waals surface area (Å²) in [5.41, 5.74) is 6.38. The van der Waals surface area contributed by atoms with Crippen LogP contribution in [0.4, 0.5) is 0 Å². The summed E-state index contributed by atoms with van der Waals surface area (Å²) in [5.74, 6) is -0.645.